The Bertz CT molecular complexity index is 378. The van der Waals surface area contributed by atoms with Gasteiger partial charge < -0.3 is 0 Å². The van der Waals surface area contributed by atoms with Crippen LogP contribution in [0.2, 0.25) is 0 Å². The lowest BCUT2D eigenvalue weighted by Gasteiger charge is -2.09. The molecule has 2 N–H and O–H groups in total. The van der Waals surface area contributed by atoms with Gasteiger partial charge >= 0.3 is 0 Å². The summed E-state index contributed by atoms with van der Waals surface area (Å²) in [5.41, 5.74) is 0. The molecule has 4 atom stereocenters. The zero-order valence-electron chi connectivity index (χ0n) is 7.65. The van der Waals surface area contributed by atoms with Crippen molar-refractivity contribution in [2.75, 3.05) is 0 Å². The Kier molecular flexibility index (Phi) is 1.40. The van der Waals surface area contributed by atoms with E-state index in [1.54, 1.807) is 0 Å². The van der Waals surface area contributed by atoms with E-state index in [0.717, 1.165) is 0 Å². The lowest BCUT2D eigenvalue weighted by Crippen LogP contribution is -2.31. The molecule has 2 aliphatic heterocycles. The van der Waals surface area contributed by atoms with Gasteiger partial charge in [0.1, 0.15) is 0 Å². The number of amides is 4. The summed E-state index contributed by atoms with van der Waals surface area (Å²) in [6.45, 7) is 0. The smallest absolute Gasteiger partial charge is 0.231 e. The van der Waals surface area contributed by atoms with E-state index in [1.807, 2.05) is 0 Å². The van der Waals surface area contributed by atoms with Gasteiger partial charge in [-0.25, -0.2) is 0 Å². The minimum atomic E-state index is -0.631. The van der Waals surface area contributed by atoms with Crippen LogP contribution in [0.25, 0.3) is 0 Å². The van der Waals surface area contributed by atoms with Gasteiger partial charge in [0, 0.05) is 0 Å². The Morgan fingerprint density at radius 3 is 1.53 bits per heavy atom. The molecule has 6 nitrogen and oxygen atoms in total. The lowest BCUT2D eigenvalue weighted by molar-refractivity contribution is -0.131. The summed E-state index contributed by atoms with van der Waals surface area (Å²) >= 11 is 0. The van der Waals surface area contributed by atoms with Crippen LogP contribution in [0.3, 0.4) is 0 Å². The first-order chi connectivity index (χ1) is 7.09. The molecule has 6 heteroatoms. The van der Waals surface area contributed by atoms with Crippen LogP contribution < -0.4 is 10.6 Å². The van der Waals surface area contributed by atoms with Crippen molar-refractivity contribution in [3.63, 3.8) is 0 Å². The molecule has 2 heterocycles. The molecule has 0 unspecified atom stereocenters. The first-order valence-electron chi connectivity index (χ1n) is 4.79. The average molecular weight is 208 g/mol. The van der Waals surface area contributed by atoms with Crippen molar-refractivity contribution in [1.29, 1.82) is 0 Å². The molecular formula is C9H8N2O4. The highest BCUT2D eigenvalue weighted by molar-refractivity contribution is 6.13. The summed E-state index contributed by atoms with van der Waals surface area (Å²) in [5, 5.41) is 4.40. The third-order valence-electron chi connectivity index (χ3n) is 3.53. The van der Waals surface area contributed by atoms with E-state index >= 15 is 0 Å². The predicted octanol–water partition coefficient (Wildman–Crippen LogP) is -1.83. The fourth-order valence-corrected chi connectivity index (χ4v) is 2.89. The van der Waals surface area contributed by atoms with E-state index in [2.05, 4.69) is 10.6 Å². The zero-order chi connectivity index (χ0) is 10.7. The van der Waals surface area contributed by atoms with Gasteiger partial charge in [-0.3, -0.25) is 29.8 Å². The Morgan fingerprint density at radius 2 is 1.13 bits per heavy atom. The van der Waals surface area contributed by atoms with Crippen LogP contribution in [0.15, 0.2) is 0 Å². The van der Waals surface area contributed by atoms with Gasteiger partial charge in [0.25, 0.3) is 0 Å². The highest BCUT2D eigenvalue weighted by Crippen LogP contribution is 2.46. The van der Waals surface area contributed by atoms with E-state index in [9.17, 15) is 19.2 Å². The van der Waals surface area contributed by atoms with Crippen molar-refractivity contribution in [3.8, 4) is 0 Å². The topological polar surface area (TPSA) is 92.3 Å². The Labute approximate surface area is 84.4 Å². The van der Waals surface area contributed by atoms with Crippen molar-refractivity contribution >= 4 is 23.6 Å². The van der Waals surface area contributed by atoms with Gasteiger partial charge in [-0.2, -0.15) is 0 Å². The van der Waals surface area contributed by atoms with Gasteiger partial charge in [-0.15, -0.1) is 0 Å². The molecule has 3 aliphatic rings. The fraction of sp³-hybridized carbons (Fsp3) is 0.556. The van der Waals surface area contributed by atoms with Crippen LogP contribution in [0.1, 0.15) is 6.42 Å². The maximum Gasteiger partial charge on any atom is 0.231 e. The van der Waals surface area contributed by atoms with Crippen molar-refractivity contribution in [1.82, 2.24) is 10.6 Å². The zero-order valence-corrected chi connectivity index (χ0v) is 7.65. The maximum absolute atomic E-state index is 11.4. The summed E-state index contributed by atoms with van der Waals surface area (Å²) in [4.78, 5) is 45.5. The van der Waals surface area contributed by atoms with Crippen molar-refractivity contribution in [3.05, 3.63) is 0 Å². The quantitative estimate of drug-likeness (QED) is 0.458. The SMILES string of the molecule is O=C1NC(=O)[C@H]2C[C@H]3C(=O)NC(=O)[C@H]3[C@@H]12. The highest BCUT2D eigenvalue weighted by atomic mass is 16.2. The lowest BCUT2D eigenvalue weighted by atomic mass is 9.89. The molecular weight excluding hydrogens is 200 g/mol. The summed E-state index contributed by atoms with van der Waals surface area (Å²) in [6.07, 6.45) is 0.310. The molecule has 0 aromatic carbocycles. The van der Waals surface area contributed by atoms with Gasteiger partial charge in [0.2, 0.25) is 23.6 Å². The molecule has 2 saturated heterocycles. The molecule has 0 aromatic rings. The molecule has 1 saturated carbocycles. The molecule has 0 radical (unpaired) electrons. The van der Waals surface area contributed by atoms with Gasteiger partial charge in [0.15, 0.2) is 0 Å². The Balaban J connectivity index is 2.03. The number of carbonyl (C=O) groups excluding carboxylic acids is 4. The molecule has 0 aromatic heterocycles. The number of hydrogen-bond donors (Lipinski definition) is 2. The molecule has 0 bridgehead atoms. The summed E-state index contributed by atoms with van der Waals surface area (Å²) in [6, 6.07) is 0. The standard InChI is InChI=1S/C9H8N2O4/c12-6-2-1-3-5(4(2)8(14)10-6)9(15)11-7(3)13/h2-5H,1H2,(H,10,12,14)(H,11,13,15)/t2-,3+,4-,5+. The Morgan fingerprint density at radius 1 is 0.733 bits per heavy atom. The van der Waals surface area contributed by atoms with Crippen molar-refractivity contribution in [2.45, 2.75) is 6.42 Å². The second kappa shape index (κ2) is 2.44. The fourth-order valence-electron chi connectivity index (χ4n) is 2.89. The second-order valence-corrected chi connectivity index (χ2v) is 4.21. The summed E-state index contributed by atoms with van der Waals surface area (Å²) in [7, 11) is 0. The third kappa shape index (κ3) is 0.886. The minimum Gasteiger partial charge on any atom is -0.296 e. The van der Waals surface area contributed by atoms with Crippen molar-refractivity contribution < 1.29 is 19.2 Å². The molecule has 4 amide bonds. The van der Waals surface area contributed by atoms with Gasteiger partial charge in [-0.05, 0) is 6.42 Å². The molecule has 3 rings (SSSR count). The summed E-state index contributed by atoms with van der Waals surface area (Å²) < 4.78 is 0. The van der Waals surface area contributed by atoms with E-state index in [1.165, 1.54) is 0 Å². The van der Waals surface area contributed by atoms with E-state index in [4.69, 9.17) is 0 Å². The van der Waals surface area contributed by atoms with Crippen molar-refractivity contribution in [2.24, 2.45) is 23.7 Å². The first-order valence-corrected chi connectivity index (χ1v) is 4.79. The first kappa shape index (κ1) is 8.58. The average Bonchev–Trinajstić information content (AvgIpc) is 2.72. The van der Waals surface area contributed by atoms with Crippen LogP contribution >= 0.6 is 0 Å². The number of nitrogens with one attached hydrogen (secondary N) is 2. The molecule has 3 fully saturated rings. The molecule has 78 valence electrons. The number of imide groups is 2. The normalized spacial score (nSPS) is 42.7. The number of hydrogen-bond acceptors (Lipinski definition) is 4. The van der Waals surface area contributed by atoms with Crippen LogP contribution in [0, 0.1) is 23.7 Å². The molecule has 1 aliphatic carbocycles. The minimum absolute atomic E-state index is 0.310. The van der Waals surface area contributed by atoms with Gasteiger partial charge in [-0.1, -0.05) is 0 Å². The van der Waals surface area contributed by atoms with E-state index in [0.29, 0.717) is 6.42 Å². The van der Waals surface area contributed by atoms with E-state index in [-0.39, 0.29) is 11.8 Å². The monoisotopic (exact) mass is 208 g/mol. The Hall–Kier alpha value is -1.72. The number of carbonyl (C=O) groups is 4. The van der Waals surface area contributed by atoms with Gasteiger partial charge in [0.05, 0.1) is 23.7 Å². The van der Waals surface area contributed by atoms with Crippen LogP contribution in [0.5, 0.6) is 0 Å². The number of fused-ring (bicyclic) bond motifs is 3. The molecule has 15 heavy (non-hydrogen) atoms. The number of rotatable bonds is 0. The highest BCUT2D eigenvalue weighted by Gasteiger charge is 2.61. The predicted molar refractivity (Wildman–Crippen MR) is 44.9 cm³/mol. The van der Waals surface area contributed by atoms with E-state index < -0.39 is 35.5 Å². The van der Waals surface area contributed by atoms with Crippen LogP contribution in [0.4, 0.5) is 0 Å². The third-order valence-corrected chi connectivity index (χ3v) is 3.53. The second-order valence-electron chi connectivity index (χ2n) is 4.21. The van der Waals surface area contributed by atoms with Crippen LogP contribution in [-0.4, -0.2) is 23.6 Å². The largest absolute Gasteiger partial charge is 0.296 e. The summed E-state index contributed by atoms with van der Waals surface area (Å²) in [5.74, 6) is -3.75. The van der Waals surface area contributed by atoms with Crippen LogP contribution in [-0.2, 0) is 19.2 Å². The maximum atomic E-state index is 11.4. The molecule has 0 spiro atoms.